The minimum absolute atomic E-state index is 0. The fraction of sp³-hybridized carbons (Fsp3) is 0.235. The van der Waals surface area contributed by atoms with Crippen LogP contribution in [0.3, 0.4) is 0 Å². The highest BCUT2D eigenvalue weighted by Crippen LogP contribution is 2.28. The van der Waals surface area contributed by atoms with Gasteiger partial charge in [0.1, 0.15) is 5.66 Å². The van der Waals surface area contributed by atoms with Crippen molar-refractivity contribution in [3.8, 4) is 0 Å². The number of hydrogen-bond acceptors (Lipinski definition) is 2. The summed E-state index contributed by atoms with van der Waals surface area (Å²) in [5.41, 5.74) is 10.6. The Hall–Kier alpha value is -1.97. The first-order chi connectivity index (χ1) is 9.22. The number of hydrogen-bond donors (Lipinski definition) is 1. The lowest BCUT2D eigenvalue weighted by atomic mass is 9.87. The molecule has 3 rings (SSSR count). The van der Waals surface area contributed by atoms with Crippen LogP contribution < -0.4 is 5.73 Å². The lowest BCUT2D eigenvalue weighted by Gasteiger charge is -2.31. The average Bonchev–Trinajstić information content (AvgIpc) is 2.47. The molecule has 1 unspecified atom stereocenters. The fourth-order valence-electron chi connectivity index (χ4n) is 2.58. The van der Waals surface area contributed by atoms with Crippen LogP contribution in [0, 0.1) is 0 Å². The summed E-state index contributed by atoms with van der Waals surface area (Å²) in [5.74, 6) is 0. The molecule has 2 aromatic carbocycles. The van der Waals surface area contributed by atoms with E-state index in [1.165, 1.54) is 11.1 Å². The number of nitrogens with zero attached hydrogens (tertiary/aromatic N) is 1. The van der Waals surface area contributed by atoms with Gasteiger partial charge >= 0.3 is 0 Å². The zero-order chi connectivity index (χ0) is 13.3. The highest BCUT2D eigenvalue weighted by molar-refractivity contribution is 6.14. The van der Waals surface area contributed by atoms with Gasteiger partial charge in [-0.05, 0) is 12.0 Å². The number of aliphatic imine (C=N–C) groups is 1. The van der Waals surface area contributed by atoms with Crippen LogP contribution >= 0.6 is 0 Å². The fourth-order valence-corrected chi connectivity index (χ4v) is 2.58. The van der Waals surface area contributed by atoms with Crippen molar-refractivity contribution >= 4 is 5.71 Å². The van der Waals surface area contributed by atoms with E-state index in [1.54, 1.807) is 0 Å². The number of nitrogens with two attached hydrogens (primary N) is 1. The van der Waals surface area contributed by atoms with Gasteiger partial charge in [-0.1, -0.05) is 61.5 Å². The largest absolute Gasteiger partial charge is 0.412 e. The number of benzene rings is 2. The predicted molar refractivity (Wildman–Crippen MR) is 83.1 cm³/mol. The van der Waals surface area contributed by atoms with Crippen molar-refractivity contribution in [1.82, 2.24) is 0 Å². The third-order valence-corrected chi connectivity index (χ3v) is 3.76. The van der Waals surface area contributed by atoms with E-state index in [9.17, 15) is 0 Å². The van der Waals surface area contributed by atoms with Crippen molar-refractivity contribution in [1.29, 1.82) is 0 Å². The van der Waals surface area contributed by atoms with Gasteiger partial charge in [0.05, 0.1) is 5.71 Å². The first-order valence-corrected chi connectivity index (χ1v) is 6.74. The minimum atomic E-state index is -0.473. The molecule has 0 saturated heterocycles. The average molecular weight is 268 g/mol. The summed E-state index contributed by atoms with van der Waals surface area (Å²) in [6.45, 7) is 2.10. The molecule has 104 valence electrons. The van der Waals surface area contributed by atoms with Crippen molar-refractivity contribution in [2.75, 3.05) is 0 Å². The summed E-state index contributed by atoms with van der Waals surface area (Å²) in [6, 6.07) is 18.7. The SMILES string of the molecule is CCC1(N)Cc2ccccc2C(c2ccccc2)=N1.O. The molecule has 0 amide bonds. The molecule has 0 aliphatic carbocycles. The summed E-state index contributed by atoms with van der Waals surface area (Å²) in [5, 5.41) is 0. The number of fused-ring (bicyclic) bond motifs is 1. The molecule has 1 aliphatic rings. The van der Waals surface area contributed by atoms with Gasteiger partial charge in [0.25, 0.3) is 0 Å². The Balaban J connectivity index is 0.00000147. The molecule has 3 heteroatoms. The van der Waals surface area contributed by atoms with E-state index in [-0.39, 0.29) is 5.48 Å². The Kier molecular flexibility index (Phi) is 4.02. The van der Waals surface area contributed by atoms with E-state index < -0.39 is 5.66 Å². The van der Waals surface area contributed by atoms with Gasteiger partial charge in [0.2, 0.25) is 0 Å². The van der Waals surface area contributed by atoms with Gasteiger partial charge in [-0.3, -0.25) is 4.99 Å². The zero-order valence-corrected chi connectivity index (χ0v) is 11.6. The molecule has 0 radical (unpaired) electrons. The van der Waals surface area contributed by atoms with Crippen LogP contribution in [0.5, 0.6) is 0 Å². The molecule has 1 aliphatic heterocycles. The van der Waals surface area contributed by atoms with E-state index in [4.69, 9.17) is 10.7 Å². The first kappa shape index (κ1) is 14.4. The first-order valence-electron chi connectivity index (χ1n) is 6.74. The predicted octanol–water partition coefficient (Wildman–Crippen LogP) is 2.32. The molecule has 0 spiro atoms. The molecule has 20 heavy (non-hydrogen) atoms. The second-order valence-corrected chi connectivity index (χ2v) is 5.12. The second-order valence-electron chi connectivity index (χ2n) is 5.12. The summed E-state index contributed by atoms with van der Waals surface area (Å²) < 4.78 is 0. The lowest BCUT2D eigenvalue weighted by Crippen LogP contribution is -2.43. The normalized spacial score (nSPS) is 20.6. The minimum Gasteiger partial charge on any atom is -0.412 e. The van der Waals surface area contributed by atoms with Gasteiger partial charge in [0.15, 0.2) is 0 Å². The van der Waals surface area contributed by atoms with Gasteiger partial charge < -0.3 is 11.2 Å². The van der Waals surface area contributed by atoms with E-state index in [1.807, 2.05) is 18.2 Å². The maximum Gasteiger partial charge on any atom is 0.112 e. The molecule has 4 N–H and O–H groups in total. The molecule has 1 heterocycles. The van der Waals surface area contributed by atoms with Crippen LogP contribution in [0.4, 0.5) is 0 Å². The summed E-state index contributed by atoms with van der Waals surface area (Å²) >= 11 is 0. The summed E-state index contributed by atoms with van der Waals surface area (Å²) in [6.07, 6.45) is 1.66. The van der Waals surface area contributed by atoms with E-state index in [2.05, 4.69) is 43.3 Å². The highest BCUT2D eigenvalue weighted by atomic mass is 16.0. The second kappa shape index (κ2) is 5.57. The van der Waals surface area contributed by atoms with Crippen molar-refractivity contribution in [2.45, 2.75) is 25.4 Å². The smallest absolute Gasteiger partial charge is 0.112 e. The number of rotatable bonds is 2. The Morgan fingerprint density at radius 1 is 1.05 bits per heavy atom. The van der Waals surface area contributed by atoms with Crippen molar-refractivity contribution in [3.05, 3.63) is 71.3 Å². The van der Waals surface area contributed by atoms with Gasteiger partial charge in [-0.2, -0.15) is 0 Å². The monoisotopic (exact) mass is 268 g/mol. The Morgan fingerprint density at radius 3 is 2.40 bits per heavy atom. The Morgan fingerprint density at radius 2 is 1.70 bits per heavy atom. The van der Waals surface area contributed by atoms with E-state index >= 15 is 0 Å². The van der Waals surface area contributed by atoms with Crippen LogP contribution in [-0.4, -0.2) is 16.9 Å². The van der Waals surface area contributed by atoms with Gasteiger partial charge in [-0.25, -0.2) is 0 Å². The third-order valence-electron chi connectivity index (χ3n) is 3.76. The third kappa shape index (κ3) is 2.50. The molecule has 0 saturated carbocycles. The van der Waals surface area contributed by atoms with Crippen LogP contribution in [0.2, 0.25) is 0 Å². The molecule has 0 bridgehead atoms. The standard InChI is InChI=1S/C17H18N2.H2O/c1-2-17(18)12-14-10-6-7-11-15(14)16(19-17)13-8-4-3-5-9-13;/h3-11H,2,12,18H2,1H3;1H2. The summed E-state index contributed by atoms with van der Waals surface area (Å²) in [7, 11) is 0. The topological polar surface area (TPSA) is 69.9 Å². The maximum absolute atomic E-state index is 6.41. The van der Waals surface area contributed by atoms with E-state index in [0.717, 1.165) is 24.1 Å². The van der Waals surface area contributed by atoms with Crippen LogP contribution in [-0.2, 0) is 6.42 Å². The molecule has 0 fully saturated rings. The van der Waals surface area contributed by atoms with Crippen molar-refractivity contribution in [2.24, 2.45) is 10.7 Å². The molecular formula is C17H20N2O. The molecule has 2 aromatic rings. The quantitative estimate of drug-likeness (QED) is 0.892. The van der Waals surface area contributed by atoms with Crippen molar-refractivity contribution in [3.63, 3.8) is 0 Å². The van der Waals surface area contributed by atoms with Crippen LogP contribution in [0.1, 0.15) is 30.0 Å². The van der Waals surface area contributed by atoms with Gasteiger partial charge in [0, 0.05) is 17.5 Å². The molecule has 1 atom stereocenters. The van der Waals surface area contributed by atoms with Gasteiger partial charge in [-0.15, -0.1) is 0 Å². The maximum atomic E-state index is 6.41. The highest BCUT2D eigenvalue weighted by Gasteiger charge is 2.30. The summed E-state index contributed by atoms with van der Waals surface area (Å²) in [4.78, 5) is 4.84. The molecule has 3 nitrogen and oxygen atoms in total. The van der Waals surface area contributed by atoms with Crippen molar-refractivity contribution < 1.29 is 5.48 Å². The zero-order valence-electron chi connectivity index (χ0n) is 11.6. The Labute approximate surface area is 119 Å². The lowest BCUT2D eigenvalue weighted by molar-refractivity contribution is 0.423. The van der Waals surface area contributed by atoms with Crippen LogP contribution in [0.15, 0.2) is 59.6 Å². The molecule has 0 aromatic heterocycles. The molecular weight excluding hydrogens is 248 g/mol. The Bertz CT molecular complexity index is 622. The van der Waals surface area contributed by atoms with E-state index in [0.29, 0.717) is 0 Å². The van der Waals surface area contributed by atoms with Crippen LogP contribution in [0.25, 0.3) is 0 Å².